The Hall–Kier alpha value is -4.47. The second kappa shape index (κ2) is 9.35. The number of hydrazone groups is 1. The number of H-pyrrole nitrogens is 1. The van der Waals surface area contributed by atoms with Crippen LogP contribution >= 0.6 is 0 Å². The molecule has 3 aromatic rings. The van der Waals surface area contributed by atoms with E-state index < -0.39 is 23.7 Å². The number of rotatable bonds is 6. The van der Waals surface area contributed by atoms with E-state index in [-0.39, 0.29) is 36.0 Å². The molecular weight excluding hydrogens is 434 g/mol. The number of nitriles is 1. The van der Waals surface area contributed by atoms with Crippen LogP contribution < -0.4 is 10.6 Å². The molecule has 4 rings (SSSR count). The second-order valence-electron chi connectivity index (χ2n) is 7.09. The summed E-state index contributed by atoms with van der Waals surface area (Å²) in [4.78, 5) is 20.6. The van der Waals surface area contributed by atoms with E-state index in [2.05, 4.69) is 41.1 Å². The number of aryl methyl sites for hydroxylation is 1. The van der Waals surface area contributed by atoms with E-state index >= 15 is 0 Å². The molecule has 13 heteroatoms. The standard InChI is InChI=1S/C20H18F2N10O/c1-11-17(30-31-29-11)18-15(22)10-26-19(28-18)24-4-5-25-20(33)32-16(2-3-27-32)13-6-12(9-23)7-14(21)8-13/h3,6-8,10,16H,2,4-5H2,1H3,(H,25,33)(H,24,26,28)(H,29,30,31)/t16-/m0/s1. The summed E-state index contributed by atoms with van der Waals surface area (Å²) in [6.45, 7) is 2.10. The van der Waals surface area contributed by atoms with E-state index in [0.717, 1.165) is 12.3 Å². The van der Waals surface area contributed by atoms with Crippen LogP contribution in [0.15, 0.2) is 29.5 Å². The predicted octanol–water partition coefficient (Wildman–Crippen LogP) is 2.27. The Morgan fingerprint density at radius 2 is 2.12 bits per heavy atom. The van der Waals surface area contributed by atoms with Crippen molar-refractivity contribution >= 4 is 18.2 Å². The molecule has 33 heavy (non-hydrogen) atoms. The number of nitrogens with zero attached hydrogens (tertiary/aromatic N) is 7. The van der Waals surface area contributed by atoms with E-state index in [0.29, 0.717) is 17.7 Å². The maximum absolute atomic E-state index is 14.1. The van der Waals surface area contributed by atoms with Gasteiger partial charge in [-0.1, -0.05) is 0 Å². The minimum absolute atomic E-state index is 0.00358. The third kappa shape index (κ3) is 4.74. The molecule has 2 aromatic heterocycles. The number of amides is 2. The van der Waals surface area contributed by atoms with Crippen LogP contribution in [0.5, 0.6) is 0 Å². The van der Waals surface area contributed by atoms with Gasteiger partial charge in [0.25, 0.3) is 0 Å². The van der Waals surface area contributed by atoms with Gasteiger partial charge in [-0.2, -0.15) is 25.8 Å². The molecule has 11 nitrogen and oxygen atoms in total. The first-order valence-corrected chi connectivity index (χ1v) is 9.90. The van der Waals surface area contributed by atoms with Crippen molar-refractivity contribution < 1.29 is 13.6 Å². The number of benzene rings is 1. The monoisotopic (exact) mass is 452 g/mol. The Balaban J connectivity index is 1.34. The van der Waals surface area contributed by atoms with Gasteiger partial charge in [-0.15, -0.1) is 0 Å². The van der Waals surface area contributed by atoms with Crippen molar-refractivity contribution in [3.05, 3.63) is 52.9 Å². The van der Waals surface area contributed by atoms with Gasteiger partial charge >= 0.3 is 6.03 Å². The zero-order valence-electron chi connectivity index (χ0n) is 17.4. The molecular formula is C20H18F2N10O. The zero-order chi connectivity index (χ0) is 23.4. The molecule has 0 fully saturated rings. The van der Waals surface area contributed by atoms with Gasteiger partial charge in [0.05, 0.1) is 29.6 Å². The lowest BCUT2D eigenvalue weighted by atomic mass is 10.0. The first-order chi connectivity index (χ1) is 16.0. The Bertz CT molecular complexity index is 1250. The van der Waals surface area contributed by atoms with Gasteiger partial charge in [-0.3, -0.25) is 0 Å². The second-order valence-corrected chi connectivity index (χ2v) is 7.09. The number of urea groups is 1. The number of nitrogens with one attached hydrogen (secondary N) is 3. The van der Waals surface area contributed by atoms with Crippen molar-refractivity contribution in [2.24, 2.45) is 5.10 Å². The van der Waals surface area contributed by atoms with Crippen LogP contribution in [0.25, 0.3) is 11.4 Å². The van der Waals surface area contributed by atoms with Gasteiger partial charge in [-0.25, -0.2) is 28.6 Å². The van der Waals surface area contributed by atoms with Crippen LogP contribution in [-0.2, 0) is 0 Å². The Morgan fingerprint density at radius 1 is 1.27 bits per heavy atom. The van der Waals surface area contributed by atoms with Crippen LogP contribution in [0, 0.1) is 29.9 Å². The molecule has 0 bridgehead atoms. The molecule has 3 N–H and O–H groups in total. The van der Waals surface area contributed by atoms with Crippen molar-refractivity contribution in [2.45, 2.75) is 19.4 Å². The summed E-state index contributed by atoms with van der Waals surface area (Å²) in [5, 5.41) is 30.1. The smallest absolute Gasteiger partial charge is 0.338 e. The average Bonchev–Trinajstić information content (AvgIpc) is 3.46. The third-order valence-electron chi connectivity index (χ3n) is 4.85. The number of aromatic nitrogens is 5. The maximum Gasteiger partial charge on any atom is 0.338 e. The highest BCUT2D eigenvalue weighted by atomic mass is 19.1. The number of hydrogen-bond acceptors (Lipinski definition) is 8. The first kappa shape index (κ1) is 21.8. The molecule has 0 saturated heterocycles. The number of halogens is 2. The highest BCUT2D eigenvalue weighted by Crippen LogP contribution is 2.29. The minimum Gasteiger partial charge on any atom is -0.352 e. The van der Waals surface area contributed by atoms with Crippen LogP contribution in [0.2, 0.25) is 0 Å². The van der Waals surface area contributed by atoms with E-state index in [1.807, 2.05) is 6.07 Å². The molecule has 168 valence electrons. The van der Waals surface area contributed by atoms with Crippen molar-refractivity contribution in [2.75, 3.05) is 18.4 Å². The molecule has 1 aliphatic rings. The molecule has 0 saturated carbocycles. The van der Waals surface area contributed by atoms with Crippen LogP contribution in [0.3, 0.4) is 0 Å². The van der Waals surface area contributed by atoms with Crippen molar-refractivity contribution in [3.63, 3.8) is 0 Å². The molecule has 0 unspecified atom stereocenters. The van der Waals surface area contributed by atoms with E-state index in [4.69, 9.17) is 5.26 Å². The lowest BCUT2D eigenvalue weighted by Gasteiger charge is -2.22. The topological polar surface area (TPSA) is 148 Å². The van der Waals surface area contributed by atoms with Gasteiger partial charge in [0.2, 0.25) is 5.95 Å². The van der Waals surface area contributed by atoms with Crippen LogP contribution in [-0.4, -0.2) is 55.7 Å². The Morgan fingerprint density at radius 3 is 2.88 bits per heavy atom. The zero-order valence-corrected chi connectivity index (χ0v) is 17.4. The number of anilines is 1. The summed E-state index contributed by atoms with van der Waals surface area (Å²) in [6, 6.07) is 4.83. The summed E-state index contributed by atoms with van der Waals surface area (Å²) < 4.78 is 27.9. The summed E-state index contributed by atoms with van der Waals surface area (Å²) in [7, 11) is 0. The van der Waals surface area contributed by atoms with Crippen LogP contribution in [0.4, 0.5) is 19.5 Å². The summed E-state index contributed by atoms with van der Waals surface area (Å²) in [5.41, 5.74) is 1.42. The Kier molecular flexibility index (Phi) is 6.16. The van der Waals surface area contributed by atoms with E-state index in [9.17, 15) is 13.6 Å². The molecule has 0 radical (unpaired) electrons. The quantitative estimate of drug-likeness (QED) is 0.486. The lowest BCUT2D eigenvalue weighted by Crippen LogP contribution is -2.39. The Labute approximate surface area is 186 Å². The van der Waals surface area contributed by atoms with Gasteiger partial charge < -0.3 is 10.6 Å². The fourth-order valence-corrected chi connectivity index (χ4v) is 3.31. The molecule has 1 aromatic carbocycles. The van der Waals surface area contributed by atoms with Crippen molar-refractivity contribution in [1.29, 1.82) is 5.26 Å². The molecule has 3 heterocycles. The van der Waals surface area contributed by atoms with Gasteiger partial charge in [0.1, 0.15) is 17.2 Å². The number of hydrogen-bond donors (Lipinski definition) is 3. The summed E-state index contributed by atoms with van der Waals surface area (Å²) >= 11 is 0. The lowest BCUT2D eigenvalue weighted by molar-refractivity contribution is 0.186. The predicted molar refractivity (Wildman–Crippen MR) is 113 cm³/mol. The maximum atomic E-state index is 14.1. The SMILES string of the molecule is Cc1n[nH]nc1-c1nc(NCCNC(=O)N2N=CC[C@H]2c2cc(F)cc(C#N)c2)ncc1F. The molecule has 2 amide bonds. The average molecular weight is 452 g/mol. The highest BCUT2D eigenvalue weighted by molar-refractivity contribution is 5.78. The molecule has 1 aliphatic heterocycles. The largest absolute Gasteiger partial charge is 0.352 e. The molecule has 0 spiro atoms. The fraction of sp³-hybridized carbons (Fsp3) is 0.250. The van der Waals surface area contributed by atoms with E-state index in [1.54, 1.807) is 13.1 Å². The third-order valence-corrected chi connectivity index (χ3v) is 4.85. The molecule has 1 atom stereocenters. The molecule has 0 aliphatic carbocycles. The minimum atomic E-state index is -0.638. The number of carbonyl (C=O) groups is 1. The van der Waals surface area contributed by atoms with E-state index in [1.165, 1.54) is 17.1 Å². The van der Waals surface area contributed by atoms with Gasteiger partial charge in [-0.05, 0) is 30.7 Å². The number of aromatic amines is 1. The highest BCUT2D eigenvalue weighted by Gasteiger charge is 2.28. The van der Waals surface area contributed by atoms with Gasteiger partial charge in [0.15, 0.2) is 5.82 Å². The van der Waals surface area contributed by atoms with Gasteiger partial charge in [0, 0.05) is 25.7 Å². The normalized spacial score (nSPS) is 14.8. The van der Waals surface area contributed by atoms with Crippen molar-refractivity contribution in [1.82, 2.24) is 35.7 Å². The first-order valence-electron chi connectivity index (χ1n) is 9.90. The summed E-state index contributed by atoms with van der Waals surface area (Å²) in [5.74, 6) is -1.04. The van der Waals surface area contributed by atoms with Crippen molar-refractivity contribution in [3.8, 4) is 17.5 Å². The van der Waals surface area contributed by atoms with Crippen LogP contribution in [0.1, 0.15) is 29.3 Å². The summed E-state index contributed by atoms with van der Waals surface area (Å²) in [6.07, 6.45) is 2.97. The number of carbonyl (C=O) groups excluding carboxylic acids is 1. The fourth-order valence-electron chi connectivity index (χ4n) is 3.31.